The van der Waals surface area contributed by atoms with Crippen LogP contribution >= 0.6 is 0 Å². The van der Waals surface area contributed by atoms with Crippen LogP contribution in [0.4, 0.5) is 4.79 Å². The molecule has 0 aromatic heterocycles. The average Bonchev–Trinajstić information content (AvgIpc) is 2.60. The summed E-state index contributed by atoms with van der Waals surface area (Å²) >= 11 is 0. The second-order valence-electron chi connectivity index (χ2n) is 8.79. The number of hydrogen-bond acceptors (Lipinski definition) is 5. The number of carbonyl (C=O) groups excluding carboxylic acids is 2. The van der Waals surface area contributed by atoms with Crippen LogP contribution < -0.4 is 5.32 Å². The van der Waals surface area contributed by atoms with E-state index in [1.165, 1.54) is 0 Å². The zero-order chi connectivity index (χ0) is 19.9. The Morgan fingerprint density at radius 2 is 1.67 bits per heavy atom. The Balaban J connectivity index is 1.62. The zero-order valence-corrected chi connectivity index (χ0v) is 17.5. The van der Waals surface area contributed by atoms with Crippen LogP contribution in [0.3, 0.4) is 0 Å². The molecule has 0 bridgehead atoms. The highest BCUT2D eigenvalue weighted by atomic mass is 16.6. The van der Waals surface area contributed by atoms with Gasteiger partial charge in [-0.15, -0.1) is 0 Å². The Morgan fingerprint density at radius 1 is 1.04 bits per heavy atom. The van der Waals surface area contributed by atoms with Crippen molar-refractivity contribution in [2.45, 2.75) is 64.5 Å². The topological polar surface area (TPSA) is 71.1 Å². The van der Waals surface area contributed by atoms with Gasteiger partial charge in [-0.2, -0.15) is 0 Å². The number of nitrogens with zero attached hydrogens (tertiary/aromatic N) is 2. The summed E-state index contributed by atoms with van der Waals surface area (Å²) in [5.74, 6) is 0.871. The zero-order valence-electron chi connectivity index (χ0n) is 17.5. The molecule has 2 heterocycles. The van der Waals surface area contributed by atoms with Crippen molar-refractivity contribution in [3.63, 3.8) is 0 Å². The first kappa shape index (κ1) is 22.0. The number of ether oxygens (including phenoxy) is 2. The van der Waals surface area contributed by atoms with E-state index in [4.69, 9.17) is 9.47 Å². The maximum absolute atomic E-state index is 12.1. The van der Waals surface area contributed by atoms with Crippen molar-refractivity contribution in [1.29, 1.82) is 0 Å². The Morgan fingerprint density at radius 3 is 2.22 bits per heavy atom. The molecule has 2 amide bonds. The fourth-order valence-corrected chi connectivity index (χ4v) is 3.81. The number of carbonyl (C=O) groups is 2. The molecule has 2 rings (SSSR count). The van der Waals surface area contributed by atoms with Gasteiger partial charge in [0.05, 0.1) is 13.0 Å². The molecule has 2 aliphatic heterocycles. The Hall–Kier alpha value is -1.34. The van der Waals surface area contributed by atoms with E-state index < -0.39 is 5.60 Å². The Labute approximate surface area is 163 Å². The fraction of sp³-hybridized carbons (Fsp3) is 0.900. The van der Waals surface area contributed by atoms with Crippen molar-refractivity contribution < 1.29 is 19.1 Å². The number of amides is 2. The van der Waals surface area contributed by atoms with Gasteiger partial charge < -0.3 is 24.6 Å². The maximum atomic E-state index is 12.1. The van der Waals surface area contributed by atoms with Crippen LogP contribution in [0.15, 0.2) is 0 Å². The van der Waals surface area contributed by atoms with E-state index in [9.17, 15) is 9.59 Å². The van der Waals surface area contributed by atoms with Crippen LogP contribution in [0.1, 0.15) is 52.9 Å². The number of piperidine rings is 2. The number of rotatable bonds is 6. The van der Waals surface area contributed by atoms with Crippen LogP contribution in [0, 0.1) is 5.92 Å². The third-order valence-electron chi connectivity index (χ3n) is 5.31. The highest BCUT2D eigenvalue weighted by Gasteiger charge is 2.27. The van der Waals surface area contributed by atoms with Gasteiger partial charge in [-0.1, -0.05) is 0 Å². The summed E-state index contributed by atoms with van der Waals surface area (Å²) < 4.78 is 10.3. The van der Waals surface area contributed by atoms with Crippen molar-refractivity contribution in [3.8, 4) is 0 Å². The SMILES string of the molecule is COCCC(=O)N1CCC(CN2CCC(NC(=O)OC(C)(C)C)CC2)CC1. The first-order valence-electron chi connectivity index (χ1n) is 10.3. The second-order valence-corrected chi connectivity index (χ2v) is 8.79. The lowest BCUT2D eigenvalue weighted by Crippen LogP contribution is -2.48. The van der Waals surface area contributed by atoms with Crippen LogP contribution in [0.5, 0.6) is 0 Å². The first-order valence-corrected chi connectivity index (χ1v) is 10.3. The van der Waals surface area contributed by atoms with Crippen LogP contribution in [0.25, 0.3) is 0 Å². The Kier molecular flexibility index (Phi) is 8.35. The van der Waals surface area contributed by atoms with E-state index in [1.807, 2.05) is 25.7 Å². The summed E-state index contributed by atoms with van der Waals surface area (Å²) in [5.41, 5.74) is -0.454. The van der Waals surface area contributed by atoms with Crippen LogP contribution in [0.2, 0.25) is 0 Å². The number of methoxy groups -OCH3 is 1. The summed E-state index contributed by atoms with van der Waals surface area (Å²) in [6, 6.07) is 0.205. The van der Waals surface area contributed by atoms with E-state index in [2.05, 4.69) is 10.2 Å². The summed E-state index contributed by atoms with van der Waals surface area (Å²) in [4.78, 5) is 28.4. The minimum absolute atomic E-state index is 0.205. The molecule has 0 aromatic rings. The lowest BCUT2D eigenvalue weighted by Gasteiger charge is -2.38. The minimum Gasteiger partial charge on any atom is -0.444 e. The minimum atomic E-state index is -0.454. The van der Waals surface area contributed by atoms with Crippen LogP contribution in [-0.2, 0) is 14.3 Å². The molecule has 0 aliphatic carbocycles. The molecule has 2 fully saturated rings. The van der Waals surface area contributed by atoms with Gasteiger partial charge in [0.25, 0.3) is 0 Å². The van der Waals surface area contributed by atoms with E-state index >= 15 is 0 Å². The number of likely N-dealkylation sites (tertiary alicyclic amines) is 2. The average molecular weight is 384 g/mol. The molecule has 2 saturated heterocycles. The molecule has 0 unspecified atom stereocenters. The summed E-state index contributed by atoms with van der Waals surface area (Å²) in [6.45, 7) is 11.0. The molecule has 0 spiro atoms. The van der Waals surface area contributed by atoms with Gasteiger partial charge in [0.15, 0.2) is 0 Å². The van der Waals surface area contributed by atoms with Gasteiger partial charge in [0.2, 0.25) is 5.91 Å². The molecule has 0 atom stereocenters. The predicted octanol–water partition coefficient (Wildman–Crippen LogP) is 2.25. The fourth-order valence-electron chi connectivity index (χ4n) is 3.81. The third-order valence-corrected chi connectivity index (χ3v) is 5.31. The lowest BCUT2D eigenvalue weighted by atomic mass is 9.94. The van der Waals surface area contributed by atoms with E-state index in [0.717, 1.165) is 58.4 Å². The molecular weight excluding hydrogens is 346 g/mol. The summed E-state index contributed by atoms with van der Waals surface area (Å²) in [7, 11) is 1.63. The molecule has 27 heavy (non-hydrogen) atoms. The number of nitrogens with one attached hydrogen (secondary N) is 1. The standard InChI is InChI=1S/C20H37N3O4/c1-20(2,3)27-19(25)21-17-7-10-22(11-8-17)15-16-5-12-23(13-6-16)18(24)9-14-26-4/h16-17H,5-15H2,1-4H3,(H,21,25). The van der Waals surface area contributed by atoms with E-state index in [1.54, 1.807) is 7.11 Å². The monoisotopic (exact) mass is 383 g/mol. The number of alkyl carbamates (subject to hydrolysis) is 1. The maximum Gasteiger partial charge on any atom is 0.407 e. The highest BCUT2D eigenvalue weighted by Crippen LogP contribution is 2.21. The summed E-state index contributed by atoms with van der Waals surface area (Å²) in [5, 5.41) is 2.99. The van der Waals surface area contributed by atoms with Crippen LogP contribution in [-0.4, -0.2) is 79.9 Å². The van der Waals surface area contributed by atoms with E-state index in [-0.39, 0.29) is 18.0 Å². The molecule has 0 saturated carbocycles. The molecule has 7 nitrogen and oxygen atoms in total. The second kappa shape index (κ2) is 10.3. The smallest absolute Gasteiger partial charge is 0.407 e. The van der Waals surface area contributed by atoms with Crippen molar-refractivity contribution in [2.24, 2.45) is 5.92 Å². The van der Waals surface area contributed by atoms with Crippen molar-refractivity contribution in [3.05, 3.63) is 0 Å². The molecular formula is C20H37N3O4. The molecule has 0 aromatic carbocycles. The van der Waals surface area contributed by atoms with E-state index in [0.29, 0.717) is 18.9 Å². The lowest BCUT2D eigenvalue weighted by molar-refractivity contribution is -0.133. The van der Waals surface area contributed by atoms with Gasteiger partial charge >= 0.3 is 6.09 Å². The van der Waals surface area contributed by atoms with Crippen molar-refractivity contribution in [1.82, 2.24) is 15.1 Å². The van der Waals surface area contributed by atoms with Gasteiger partial charge in [0.1, 0.15) is 5.60 Å². The van der Waals surface area contributed by atoms with Crippen molar-refractivity contribution in [2.75, 3.05) is 46.4 Å². The normalized spacial score (nSPS) is 20.5. The number of hydrogen-bond donors (Lipinski definition) is 1. The summed E-state index contributed by atoms with van der Waals surface area (Å²) in [6.07, 6.45) is 4.26. The predicted molar refractivity (Wildman–Crippen MR) is 105 cm³/mol. The quantitative estimate of drug-likeness (QED) is 0.762. The van der Waals surface area contributed by atoms with Gasteiger partial charge in [0, 0.05) is 45.9 Å². The molecule has 1 N–H and O–H groups in total. The third kappa shape index (κ3) is 8.05. The van der Waals surface area contributed by atoms with Gasteiger partial charge in [-0.3, -0.25) is 4.79 Å². The molecule has 7 heteroatoms. The molecule has 0 radical (unpaired) electrons. The van der Waals surface area contributed by atoms with Crippen molar-refractivity contribution >= 4 is 12.0 Å². The molecule has 2 aliphatic rings. The first-order chi connectivity index (χ1) is 12.8. The Bertz CT molecular complexity index is 476. The largest absolute Gasteiger partial charge is 0.444 e. The van der Waals surface area contributed by atoms with Gasteiger partial charge in [-0.25, -0.2) is 4.79 Å². The van der Waals surface area contributed by atoms with Gasteiger partial charge in [-0.05, 0) is 52.4 Å². The molecule has 156 valence electrons. The highest BCUT2D eigenvalue weighted by molar-refractivity contribution is 5.76.